The Kier molecular flexibility index (Phi) is 4.58. The van der Waals surface area contributed by atoms with Crippen LogP contribution in [0.25, 0.3) is 0 Å². The van der Waals surface area contributed by atoms with Gasteiger partial charge in [0.15, 0.2) is 0 Å². The Hall–Kier alpha value is -1.36. The molecule has 5 nitrogen and oxygen atoms in total. The molecule has 1 fully saturated rings. The predicted molar refractivity (Wildman–Crippen MR) is 73.2 cm³/mol. The van der Waals surface area contributed by atoms with Crippen molar-refractivity contribution >= 4 is 23.4 Å². The molecule has 0 spiro atoms. The molecule has 1 aromatic rings. The van der Waals surface area contributed by atoms with E-state index in [2.05, 4.69) is 21.8 Å². The Morgan fingerprint density at radius 1 is 1.58 bits per heavy atom. The number of hydrogen-bond acceptors (Lipinski definition) is 5. The topological polar surface area (TPSA) is 55.3 Å². The van der Waals surface area contributed by atoms with Crippen molar-refractivity contribution in [3.05, 3.63) is 17.5 Å². The van der Waals surface area contributed by atoms with Gasteiger partial charge in [0, 0.05) is 18.8 Å². The number of ether oxygens (including phenoxy) is 1. The van der Waals surface area contributed by atoms with Crippen LogP contribution in [0.4, 0.5) is 5.82 Å². The summed E-state index contributed by atoms with van der Waals surface area (Å²) in [6, 6.07) is 2.15. The third-order valence-corrected chi connectivity index (χ3v) is 3.59. The van der Waals surface area contributed by atoms with E-state index < -0.39 is 0 Å². The van der Waals surface area contributed by atoms with E-state index in [1.165, 1.54) is 0 Å². The highest BCUT2D eigenvalue weighted by atomic mass is 35.5. The summed E-state index contributed by atoms with van der Waals surface area (Å²) in [7, 11) is 0. The number of piperidine rings is 1. The fourth-order valence-corrected chi connectivity index (χ4v) is 2.51. The molecule has 0 aromatic carbocycles. The van der Waals surface area contributed by atoms with Gasteiger partial charge in [-0.25, -0.2) is 9.97 Å². The Morgan fingerprint density at radius 2 is 2.37 bits per heavy atom. The van der Waals surface area contributed by atoms with Gasteiger partial charge in [-0.05, 0) is 44.4 Å². The number of esters is 1. The number of anilines is 1. The number of rotatable bonds is 3. The van der Waals surface area contributed by atoms with Gasteiger partial charge < -0.3 is 9.64 Å². The lowest BCUT2D eigenvalue weighted by atomic mass is 9.93. The second kappa shape index (κ2) is 6.19. The molecule has 6 heteroatoms. The fraction of sp³-hybridized carbons (Fsp3) is 0.615. The highest BCUT2D eigenvalue weighted by Gasteiger charge is 2.31. The number of carbonyl (C=O) groups excluding carboxylic acids is 1. The van der Waals surface area contributed by atoms with Gasteiger partial charge in [0.2, 0.25) is 5.28 Å². The summed E-state index contributed by atoms with van der Waals surface area (Å²) < 4.78 is 5.10. The smallest absolute Gasteiger partial charge is 0.310 e. The van der Waals surface area contributed by atoms with Crippen molar-refractivity contribution in [1.82, 2.24) is 9.97 Å². The van der Waals surface area contributed by atoms with Gasteiger partial charge in [0.25, 0.3) is 0 Å². The zero-order valence-electron chi connectivity index (χ0n) is 11.2. The molecule has 2 heterocycles. The van der Waals surface area contributed by atoms with Crippen molar-refractivity contribution in [2.24, 2.45) is 5.92 Å². The first-order chi connectivity index (χ1) is 9.11. The molecule has 0 saturated carbocycles. The SMILES string of the molecule is CCOC(=O)[C@H]1CCC(C)N(c2ccnc(Cl)n2)C1. The standard InChI is InChI=1S/C13H18ClN3O2/c1-3-19-12(18)10-5-4-9(2)17(8-10)11-6-7-15-13(14)16-11/h6-7,9-10H,3-5,8H2,1-2H3/t9?,10-/m0/s1. The third-order valence-electron chi connectivity index (χ3n) is 3.41. The first-order valence-corrected chi connectivity index (χ1v) is 6.91. The van der Waals surface area contributed by atoms with Crippen LogP contribution in [0.15, 0.2) is 12.3 Å². The monoisotopic (exact) mass is 283 g/mol. The predicted octanol–water partition coefficient (Wildman–Crippen LogP) is 2.30. The minimum Gasteiger partial charge on any atom is -0.466 e. The van der Waals surface area contributed by atoms with Gasteiger partial charge >= 0.3 is 5.97 Å². The summed E-state index contributed by atoms with van der Waals surface area (Å²) in [5, 5.41) is 0.225. The Bertz CT molecular complexity index is 455. The molecule has 1 aromatic heterocycles. The minimum atomic E-state index is -0.125. The highest BCUT2D eigenvalue weighted by Crippen LogP contribution is 2.27. The lowest BCUT2D eigenvalue weighted by molar-refractivity contribution is -0.148. The second-order valence-corrected chi connectivity index (χ2v) is 5.05. The summed E-state index contributed by atoms with van der Waals surface area (Å²) in [5.74, 6) is 0.547. The number of nitrogens with zero attached hydrogens (tertiary/aromatic N) is 3. The van der Waals surface area contributed by atoms with Crippen LogP contribution in [0, 0.1) is 5.92 Å². The van der Waals surface area contributed by atoms with Gasteiger partial charge in [-0.3, -0.25) is 4.79 Å². The normalized spacial score (nSPS) is 23.2. The van der Waals surface area contributed by atoms with Crippen LogP contribution >= 0.6 is 11.6 Å². The number of hydrogen-bond donors (Lipinski definition) is 0. The lowest BCUT2D eigenvalue weighted by Gasteiger charge is -2.37. The van der Waals surface area contributed by atoms with E-state index in [9.17, 15) is 4.79 Å². The molecule has 1 aliphatic heterocycles. The minimum absolute atomic E-state index is 0.0927. The van der Waals surface area contributed by atoms with Crippen LogP contribution in [-0.4, -0.2) is 35.1 Å². The fourth-order valence-electron chi connectivity index (χ4n) is 2.36. The van der Waals surface area contributed by atoms with Crippen molar-refractivity contribution in [1.29, 1.82) is 0 Å². The number of carbonyl (C=O) groups is 1. The summed E-state index contributed by atoms with van der Waals surface area (Å²) in [6.45, 7) is 4.99. The molecule has 0 bridgehead atoms. The average Bonchev–Trinajstić information content (AvgIpc) is 2.39. The van der Waals surface area contributed by atoms with Crippen LogP contribution in [-0.2, 0) is 9.53 Å². The number of aromatic nitrogens is 2. The molecule has 0 amide bonds. The molecule has 1 aliphatic rings. The maximum absolute atomic E-state index is 11.8. The van der Waals surface area contributed by atoms with Gasteiger partial charge in [-0.2, -0.15) is 0 Å². The Balaban J connectivity index is 2.12. The van der Waals surface area contributed by atoms with Gasteiger partial charge in [-0.1, -0.05) is 0 Å². The van der Waals surface area contributed by atoms with E-state index in [4.69, 9.17) is 16.3 Å². The quantitative estimate of drug-likeness (QED) is 0.629. The summed E-state index contributed by atoms with van der Waals surface area (Å²) in [5.41, 5.74) is 0. The molecule has 2 atom stereocenters. The molecule has 19 heavy (non-hydrogen) atoms. The maximum atomic E-state index is 11.8. The van der Waals surface area contributed by atoms with Crippen molar-refractivity contribution in [2.45, 2.75) is 32.7 Å². The summed E-state index contributed by atoms with van der Waals surface area (Å²) in [4.78, 5) is 22.0. The maximum Gasteiger partial charge on any atom is 0.310 e. The van der Waals surface area contributed by atoms with Crippen molar-refractivity contribution in [3.63, 3.8) is 0 Å². The highest BCUT2D eigenvalue weighted by molar-refractivity contribution is 6.28. The first-order valence-electron chi connectivity index (χ1n) is 6.53. The first kappa shape index (κ1) is 14.1. The number of halogens is 1. The molecule has 104 valence electrons. The van der Waals surface area contributed by atoms with Gasteiger partial charge in [0.1, 0.15) is 5.82 Å². The summed E-state index contributed by atoms with van der Waals surface area (Å²) >= 11 is 5.82. The zero-order chi connectivity index (χ0) is 13.8. The molecule has 2 rings (SSSR count). The van der Waals surface area contributed by atoms with E-state index >= 15 is 0 Å². The molecule has 0 N–H and O–H groups in total. The van der Waals surface area contributed by atoms with E-state index in [0.29, 0.717) is 19.2 Å². The molecule has 0 radical (unpaired) electrons. The largest absolute Gasteiger partial charge is 0.466 e. The average molecular weight is 284 g/mol. The molecular weight excluding hydrogens is 266 g/mol. The van der Waals surface area contributed by atoms with E-state index in [1.54, 1.807) is 6.20 Å². The van der Waals surface area contributed by atoms with E-state index in [0.717, 1.165) is 18.7 Å². The molecule has 1 saturated heterocycles. The molecule has 0 aliphatic carbocycles. The Morgan fingerprint density at radius 3 is 3.05 bits per heavy atom. The third kappa shape index (κ3) is 3.35. The summed E-state index contributed by atoms with van der Waals surface area (Å²) in [6.07, 6.45) is 3.42. The zero-order valence-corrected chi connectivity index (χ0v) is 11.9. The van der Waals surface area contributed by atoms with Gasteiger partial charge in [0.05, 0.1) is 12.5 Å². The molecule has 1 unspecified atom stereocenters. The van der Waals surface area contributed by atoms with Crippen LogP contribution in [0.2, 0.25) is 5.28 Å². The molecular formula is C13H18ClN3O2. The lowest BCUT2D eigenvalue weighted by Crippen LogP contribution is -2.45. The van der Waals surface area contributed by atoms with Crippen LogP contribution < -0.4 is 4.90 Å². The van der Waals surface area contributed by atoms with Crippen molar-refractivity contribution in [2.75, 3.05) is 18.1 Å². The second-order valence-electron chi connectivity index (χ2n) is 4.71. The van der Waals surface area contributed by atoms with Crippen molar-refractivity contribution in [3.8, 4) is 0 Å². The van der Waals surface area contributed by atoms with Crippen LogP contribution in [0.5, 0.6) is 0 Å². The Labute approximate surface area is 117 Å². The van der Waals surface area contributed by atoms with E-state index in [-0.39, 0.29) is 17.2 Å². The van der Waals surface area contributed by atoms with Gasteiger partial charge in [-0.15, -0.1) is 0 Å². The van der Waals surface area contributed by atoms with Crippen molar-refractivity contribution < 1.29 is 9.53 Å². The van der Waals surface area contributed by atoms with E-state index in [1.807, 2.05) is 13.0 Å². The van der Waals surface area contributed by atoms with Crippen LogP contribution in [0.3, 0.4) is 0 Å². The van der Waals surface area contributed by atoms with Crippen LogP contribution in [0.1, 0.15) is 26.7 Å².